The Bertz CT molecular complexity index is 535. The van der Waals surface area contributed by atoms with Gasteiger partial charge in [0.2, 0.25) is 0 Å². The van der Waals surface area contributed by atoms with E-state index in [1.165, 1.54) is 13.2 Å². The highest BCUT2D eigenvalue weighted by Crippen LogP contribution is 2.33. The summed E-state index contributed by atoms with van der Waals surface area (Å²) in [6, 6.07) is 4.75. The van der Waals surface area contributed by atoms with Gasteiger partial charge < -0.3 is 4.74 Å². The SMILES string of the molecule is [C-]#[N+]/C(C(=O)OC)=C(\Br)c1ccc(Cl)cc1Cl. The van der Waals surface area contributed by atoms with Crippen LogP contribution in [-0.4, -0.2) is 13.1 Å². The van der Waals surface area contributed by atoms with E-state index in [1.54, 1.807) is 12.1 Å². The number of ether oxygens (including phenoxy) is 1. The van der Waals surface area contributed by atoms with E-state index < -0.39 is 5.97 Å². The quantitative estimate of drug-likeness (QED) is 0.462. The zero-order chi connectivity index (χ0) is 13.0. The van der Waals surface area contributed by atoms with Crippen molar-refractivity contribution < 1.29 is 9.53 Å². The average molecular weight is 335 g/mol. The van der Waals surface area contributed by atoms with E-state index in [0.29, 0.717) is 15.6 Å². The summed E-state index contributed by atoms with van der Waals surface area (Å²) in [5.74, 6) is -0.724. The summed E-state index contributed by atoms with van der Waals surface area (Å²) >= 11 is 14.9. The molecule has 0 aliphatic carbocycles. The third-order valence-electron chi connectivity index (χ3n) is 1.87. The standard InChI is InChI=1S/C11H6BrCl2NO2/c1-15-10(11(16)17-2)9(12)7-4-3-6(13)5-8(7)14/h3-5H,2H3/b10-9-. The van der Waals surface area contributed by atoms with Gasteiger partial charge in [-0.05, 0) is 17.7 Å². The third kappa shape index (κ3) is 3.22. The van der Waals surface area contributed by atoms with Crippen LogP contribution in [-0.2, 0) is 9.53 Å². The van der Waals surface area contributed by atoms with Gasteiger partial charge in [0.1, 0.15) is 0 Å². The Kier molecular flexibility index (Phi) is 5.01. The van der Waals surface area contributed by atoms with Crippen molar-refractivity contribution in [2.75, 3.05) is 7.11 Å². The van der Waals surface area contributed by atoms with Gasteiger partial charge >= 0.3 is 5.97 Å². The lowest BCUT2D eigenvalue weighted by Crippen LogP contribution is -2.03. The van der Waals surface area contributed by atoms with Crippen molar-refractivity contribution in [2.45, 2.75) is 0 Å². The van der Waals surface area contributed by atoms with E-state index in [0.717, 1.165) is 0 Å². The van der Waals surface area contributed by atoms with E-state index in [2.05, 4.69) is 25.5 Å². The molecule has 0 saturated carbocycles. The summed E-state index contributed by atoms with van der Waals surface area (Å²) in [4.78, 5) is 14.5. The minimum Gasteiger partial charge on any atom is -0.474 e. The van der Waals surface area contributed by atoms with Crippen molar-refractivity contribution >= 4 is 49.6 Å². The Morgan fingerprint density at radius 2 is 2.12 bits per heavy atom. The molecule has 0 atom stereocenters. The second-order valence-electron chi connectivity index (χ2n) is 2.89. The maximum absolute atomic E-state index is 11.3. The number of halogens is 3. The number of carbonyl (C=O) groups is 1. The highest BCUT2D eigenvalue weighted by Gasteiger charge is 2.18. The first-order chi connectivity index (χ1) is 8.01. The smallest absolute Gasteiger partial charge is 0.337 e. The van der Waals surface area contributed by atoms with Gasteiger partial charge in [-0.25, -0.2) is 4.85 Å². The van der Waals surface area contributed by atoms with E-state index in [-0.39, 0.29) is 10.2 Å². The van der Waals surface area contributed by atoms with Gasteiger partial charge in [0, 0.05) is 14.5 Å². The number of methoxy groups -OCH3 is 1. The topological polar surface area (TPSA) is 30.7 Å². The van der Waals surface area contributed by atoms with Crippen LogP contribution in [0.3, 0.4) is 0 Å². The minimum atomic E-state index is -0.724. The first-order valence-electron chi connectivity index (χ1n) is 4.32. The molecule has 17 heavy (non-hydrogen) atoms. The fraction of sp³-hybridized carbons (Fsp3) is 0.0909. The summed E-state index contributed by atoms with van der Waals surface area (Å²) in [5, 5.41) is 0.816. The van der Waals surface area contributed by atoms with E-state index >= 15 is 0 Å². The summed E-state index contributed by atoms with van der Waals surface area (Å²) in [6.07, 6.45) is 0. The van der Waals surface area contributed by atoms with E-state index in [1.807, 2.05) is 0 Å². The Labute approximate surface area is 117 Å². The second-order valence-corrected chi connectivity index (χ2v) is 4.53. The van der Waals surface area contributed by atoms with Crippen LogP contribution in [0.5, 0.6) is 0 Å². The van der Waals surface area contributed by atoms with Crippen LogP contribution in [0.15, 0.2) is 23.9 Å². The number of benzene rings is 1. The summed E-state index contributed by atoms with van der Waals surface area (Å²) in [6.45, 7) is 6.95. The molecular formula is C11H6BrCl2NO2. The lowest BCUT2D eigenvalue weighted by atomic mass is 10.2. The molecule has 0 aromatic heterocycles. The molecule has 0 fully saturated rings. The zero-order valence-corrected chi connectivity index (χ0v) is 11.7. The van der Waals surface area contributed by atoms with Gasteiger partial charge in [0.05, 0.1) is 13.7 Å². The molecular weight excluding hydrogens is 329 g/mol. The molecule has 1 rings (SSSR count). The van der Waals surface area contributed by atoms with Gasteiger partial charge in [0.15, 0.2) is 0 Å². The number of rotatable bonds is 2. The number of carbonyl (C=O) groups excluding carboxylic acids is 1. The normalized spacial score (nSPS) is 11.5. The van der Waals surface area contributed by atoms with Crippen molar-refractivity contribution in [1.29, 1.82) is 0 Å². The zero-order valence-electron chi connectivity index (χ0n) is 8.63. The van der Waals surface area contributed by atoms with Crippen molar-refractivity contribution in [2.24, 2.45) is 0 Å². The highest BCUT2D eigenvalue weighted by molar-refractivity contribution is 9.15. The Hall–Kier alpha value is -1.02. The molecule has 1 aromatic carbocycles. The fourth-order valence-corrected chi connectivity index (χ4v) is 2.29. The molecule has 1 aromatic rings. The second kappa shape index (κ2) is 6.06. The molecule has 0 radical (unpaired) electrons. The maximum atomic E-state index is 11.3. The summed E-state index contributed by atoms with van der Waals surface area (Å²) in [5.41, 5.74) is 0.337. The minimum absolute atomic E-state index is 0.170. The highest BCUT2D eigenvalue weighted by atomic mass is 79.9. The molecule has 0 aliphatic heterocycles. The first kappa shape index (κ1) is 14.0. The van der Waals surface area contributed by atoms with Gasteiger partial charge in [-0.3, -0.25) is 4.79 Å². The lowest BCUT2D eigenvalue weighted by molar-refractivity contribution is -0.135. The van der Waals surface area contributed by atoms with Gasteiger partial charge in [-0.1, -0.05) is 45.2 Å². The Morgan fingerprint density at radius 3 is 2.59 bits per heavy atom. The molecule has 88 valence electrons. The van der Waals surface area contributed by atoms with Gasteiger partial charge in [0.25, 0.3) is 5.70 Å². The van der Waals surface area contributed by atoms with Crippen molar-refractivity contribution in [3.8, 4) is 0 Å². The number of hydrogen-bond acceptors (Lipinski definition) is 2. The fourth-order valence-electron chi connectivity index (χ4n) is 1.08. The van der Waals surface area contributed by atoms with Crippen molar-refractivity contribution in [3.63, 3.8) is 0 Å². The van der Waals surface area contributed by atoms with Crippen LogP contribution >= 0.6 is 39.1 Å². The van der Waals surface area contributed by atoms with Crippen LogP contribution in [0.1, 0.15) is 5.56 Å². The molecule has 0 aliphatic rings. The lowest BCUT2D eigenvalue weighted by Gasteiger charge is -2.05. The predicted molar refractivity (Wildman–Crippen MR) is 70.9 cm³/mol. The Morgan fingerprint density at radius 1 is 1.47 bits per heavy atom. The van der Waals surface area contributed by atoms with Gasteiger partial charge in [-0.15, -0.1) is 0 Å². The van der Waals surface area contributed by atoms with E-state index in [9.17, 15) is 4.79 Å². The molecule has 0 amide bonds. The largest absolute Gasteiger partial charge is 0.474 e. The maximum Gasteiger partial charge on any atom is 0.337 e. The molecule has 0 spiro atoms. The van der Waals surface area contributed by atoms with Crippen LogP contribution < -0.4 is 0 Å². The number of nitrogens with zero attached hydrogens (tertiary/aromatic N) is 1. The van der Waals surface area contributed by atoms with Crippen LogP contribution in [0.25, 0.3) is 9.33 Å². The molecule has 6 heteroatoms. The van der Waals surface area contributed by atoms with E-state index in [4.69, 9.17) is 29.8 Å². The van der Waals surface area contributed by atoms with Gasteiger partial charge in [-0.2, -0.15) is 0 Å². The molecule has 0 heterocycles. The predicted octanol–water partition coefficient (Wildman–Crippen LogP) is 4.15. The molecule has 0 bridgehead atoms. The number of hydrogen-bond donors (Lipinski definition) is 0. The monoisotopic (exact) mass is 333 g/mol. The molecule has 0 saturated heterocycles. The summed E-state index contributed by atoms with van der Waals surface area (Å²) < 4.78 is 4.78. The van der Waals surface area contributed by atoms with Crippen molar-refractivity contribution in [1.82, 2.24) is 0 Å². The number of esters is 1. The van der Waals surface area contributed by atoms with Crippen molar-refractivity contribution in [3.05, 3.63) is 50.9 Å². The van der Waals surface area contributed by atoms with Crippen LogP contribution in [0.2, 0.25) is 10.0 Å². The summed E-state index contributed by atoms with van der Waals surface area (Å²) in [7, 11) is 1.21. The first-order valence-corrected chi connectivity index (χ1v) is 5.87. The molecule has 0 N–H and O–H groups in total. The third-order valence-corrected chi connectivity index (χ3v) is 3.22. The molecule has 0 unspecified atom stereocenters. The Balaban J connectivity index is 3.36. The average Bonchev–Trinajstić information content (AvgIpc) is 2.29. The van der Waals surface area contributed by atoms with Crippen LogP contribution in [0.4, 0.5) is 0 Å². The molecule has 3 nitrogen and oxygen atoms in total. The van der Waals surface area contributed by atoms with Crippen LogP contribution in [0, 0.1) is 6.57 Å².